The lowest BCUT2D eigenvalue weighted by Crippen LogP contribution is -1.94. The van der Waals surface area contributed by atoms with Gasteiger partial charge >= 0.3 is 0 Å². The van der Waals surface area contributed by atoms with Gasteiger partial charge in [-0.05, 0) is 37.7 Å². The first-order chi connectivity index (χ1) is 10.7. The fraction of sp³-hybridized carbons (Fsp3) is 0.263. The van der Waals surface area contributed by atoms with Crippen molar-refractivity contribution < 1.29 is 4.39 Å². The van der Waals surface area contributed by atoms with E-state index in [4.69, 9.17) is 0 Å². The zero-order valence-corrected chi connectivity index (χ0v) is 13.3. The van der Waals surface area contributed by atoms with Crippen molar-refractivity contribution in [1.82, 2.24) is 9.88 Å². The molecule has 0 radical (unpaired) electrons. The van der Waals surface area contributed by atoms with E-state index < -0.39 is 0 Å². The average Bonchev–Trinajstić information content (AvgIpc) is 3.02. The third kappa shape index (κ3) is 2.13. The highest BCUT2D eigenvalue weighted by molar-refractivity contribution is 5.94. The minimum Gasteiger partial charge on any atom is -0.333 e. The minimum absolute atomic E-state index is 0.119. The fourth-order valence-corrected chi connectivity index (χ4v) is 3.32. The Balaban J connectivity index is 0.000000446. The van der Waals surface area contributed by atoms with Crippen LogP contribution in [0.4, 0.5) is 4.39 Å². The second kappa shape index (κ2) is 5.93. The van der Waals surface area contributed by atoms with Crippen molar-refractivity contribution in [2.45, 2.75) is 19.9 Å². The predicted octanol–water partition coefficient (Wildman–Crippen LogP) is 4.21. The highest BCUT2D eigenvalue weighted by atomic mass is 19.1. The summed E-state index contributed by atoms with van der Waals surface area (Å²) in [6.07, 6.45) is 0.927. The van der Waals surface area contributed by atoms with Crippen LogP contribution in [0.25, 0.3) is 22.2 Å². The van der Waals surface area contributed by atoms with Crippen molar-refractivity contribution in [3.63, 3.8) is 0 Å². The normalized spacial score (nSPS) is 11.8. The number of aromatic nitrogens is 1. The molecule has 1 aliphatic rings. The largest absolute Gasteiger partial charge is 0.333 e. The molecular weight excluding hydrogens is 275 g/mol. The van der Waals surface area contributed by atoms with E-state index in [1.54, 1.807) is 12.1 Å². The van der Waals surface area contributed by atoms with Crippen molar-refractivity contribution in [3.8, 4) is 11.3 Å². The molecule has 2 aromatic carbocycles. The summed E-state index contributed by atoms with van der Waals surface area (Å²) in [6.45, 7) is 2.92. The maximum Gasteiger partial charge on any atom is 0.147 e. The van der Waals surface area contributed by atoms with Gasteiger partial charge in [-0.1, -0.05) is 43.3 Å². The zero-order chi connectivity index (χ0) is 15.7. The molecule has 3 heteroatoms. The topological polar surface area (TPSA) is 17.0 Å². The van der Waals surface area contributed by atoms with E-state index in [1.165, 1.54) is 22.4 Å². The molecular formula is C19H21FN2. The van der Waals surface area contributed by atoms with Gasteiger partial charge in [0.05, 0.1) is 11.2 Å². The van der Waals surface area contributed by atoms with Gasteiger partial charge in [0.1, 0.15) is 5.82 Å². The summed E-state index contributed by atoms with van der Waals surface area (Å²) in [7, 11) is 3.75. The van der Waals surface area contributed by atoms with Gasteiger partial charge in [0.25, 0.3) is 0 Å². The number of halogens is 1. The van der Waals surface area contributed by atoms with E-state index in [0.29, 0.717) is 0 Å². The zero-order valence-electron chi connectivity index (χ0n) is 13.3. The smallest absolute Gasteiger partial charge is 0.147 e. The van der Waals surface area contributed by atoms with Crippen molar-refractivity contribution in [3.05, 3.63) is 59.4 Å². The van der Waals surface area contributed by atoms with Gasteiger partial charge in [-0.2, -0.15) is 0 Å². The minimum atomic E-state index is -0.119. The Hall–Kier alpha value is -2.13. The van der Waals surface area contributed by atoms with Gasteiger partial charge in [-0.3, -0.25) is 0 Å². The molecule has 2 heterocycles. The number of hydrogen-bond donors (Lipinski definition) is 1. The van der Waals surface area contributed by atoms with Crippen LogP contribution >= 0.6 is 0 Å². The van der Waals surface area contributed by atoms with E-state index >= 15 is 0 Å². The van der Waals surface area contributed by atoms with Crippen LogP contribution in [0, 0.1) is 5.82 Å². The quantitative estimate of drug-likeness (QED) is 0.557. The molecule has 0 fully saturated rings. The Morgan fingerprint density at radius 1 is 1.09 bits per heavy atom. The molecule has 0 bridgehead atoms. The molecule has 0 atom stereocenters. The van der Waals surface area contributed by atoms with Crippen molar-refractivity contribution in [2.24, 2.45) is 0 Å². The highest BCUT2D eigenvalue weighted by Crippen LogP contribution is 2.41. The van der Waals surface area contributed by atoms with Crippen molar-refractivity contribution >= 4 is 10.9 Å². The Labute approximate surface area is 130 Å². The Bertz CT molecular complexity index is 818. The molecule has 1 N–H and O–H groups in total. The number of hydrogen-bond acceptors (Lipinski definition) is 1. The van der Waals surface area contributed by atoms with E-state index in [0.717, 1.165) is 23.9 Å². The molecule has 0 unspecified atom stereocenters. The standard InChI is InChI=1S/C17H14FN.C2H7N/c1-2-12-14-8-5-9-15(18)17(14)19-10-11-6-3-4-7-13(11)16(12)19;1-3-2/h3-9H,2,10H2,1H3;3H,1-2H3. The summed E-state index contributed by atoms with van der Waals surface area (Å²) in [5.74, 6) is -0.119. The summed E-state index contributed by atoms with van der Waals surface area (Å²) in [6, 6.07) is 13.8. The second-order valence-electron chi connectivity index (χ2n) is 5.56. The van der Waals surface area contributed by atoms with E-state index in [-0.39, 0.29) is 5.82 Å². The number of benzene rings is 2. The highest BCUT2D eigenvalue weighted by Gasteiger charge is 2.26. The fourth-order valence-electron chi connectivity index (χ4n) is 3.32. The summed E-state index contributed by atoms with van der Waals surface area (Å²) in [5.41, 5.74) is 5.77. The molecule has 4 rings (SSSR count). The number of para-hydroxylation sites is 1. The summed E-state index contributed by atoms with van der Waals surface area (Å²) < 4.78 is 16.3. The molecule has 3 aromatic rings. The van der Waals surface area contributed by atoms with Gasteiger partial charge in [0.15, 0.2) is 0 Å². The molecule has 1 aliphatic heterocycles. The Kier molecular flexibility index (Phi) is 3.99. The van der Waals surface area contributed by atoms with Gasteiger partial charge in [0.2, 0.25) is 0 Å². The lowest BCUT2D eigenvalue weighted by molar-refractivity contribution is 0.630. The van der Waals surface area contributed by atoms with Crippen LogP contribution in [0.1, 0.15) is 18.1 Å². The molecule has 114 valence electrons. The van der Waals surface area contributed by atoms with Gasteiger partial charge in [-0.15, -0.1) is 0 Å². The van der Waals surface area contributed by atoms with Gasteiger partial charge in [-0.25, -0.2) is 4.39 Å². The maximum atomic E-state index is 14.2. The molecule has 0 saturated carbocycles. The first-order valence-electron chi connectivity index (χ1n) is 7.69. The van der Waals surface area contributed by atoms with Crippen LogP contribution in [-0.4, -0.2) is 18.7 Å². The molecule has 0 saturated heterocycles. The monoisotopic (exact) mass is 296 g/mol. The van der Waals surface area contributed by atoms with Gasteiger partial charge < -0.3 is 9.88 Å². The summed E-state index contributed by atoms with van der Waals surface area (Å²) in [5, 5.41) is 3.81. The lowest BCUT2D eigenvalue weighted by atomic mass is 10.0. The molecule has 0 aliphatic carbocycles. The number of nitrogens with one attached hydrogen (secondary N) is 1. The molecule has 0 spiro atoms. The molecule has 2 nitrogen and oxygen atoms in total. The summed E-state index contributed by atoms with van der Waals surface area (Å²) >= 11 is 0. The van der Waals surface area contributed by atoms with Crippen LogP contribution in [0.3, 0.4) is 0 Å². The molecule has 1 aromatic heterocycles. The molecule has 22 heavy (non-hydrogen) atoms. The SMILES string of the molecule is CCc1c2n(c3c(F)cccc13)Cc1ccccc1-2.CNC. The van der Waals surface area contributed by atoms with Crippen molar-refractivity contribution in [1.29, 1.82) is 0 Å². The van der Waals surface area contributed by atoms with Crippen LogP contribution in [0.2, 0.25) is 0 Å². The summed E-state index contributed by atoms with van der Waals surface area (Å²) in [4.78, 5) is 0. The Morgan fingerprint density at radius 2 is 1.82 bits per heavy atom. The Morgan fingerprint density at radius 3 is 2.55 bits per heavy atom. The van der Waals surface area contributed by atoms with Crippen LogP contribution in [0.15, 0.2) is 42.5 Å². The third-order valence-corrected chi connectivity index (χ3v) is 4.09. The maximum absolute atomic E-state index is 14.2. The second-order valence-corrected chi connectivity index (χ2v) is 5.56. The number of rotatable bonds is 1. The lowest BCUT2D eigenvalue weighted by Gasteiger charge is -2.02. The molecule has 0 amide bonds. The van der Waals surface area contributed by atoms with E-state index in [1.807, 2.05) is 20.2 Å². The van der Waals surface area contributed by atoms with Gasteiger partial charge in [0, 0.05) is 17.5 Å². The number of nitrogens with zero attached hydrogens (tertiary/aromatic N) is 1. The van der Waals surface area contributed by atoms with Crippen LogP contribution in [-0.2, 0) is 13.0 Å². The predicted molar refractivity (Wildman–Crippen MR) is 90.8 cm³/mol. The van der Waals surface area contributed by atoms with E-state index in [2.05, 4.69) is 41.1 Å². The third-order valence-electron chi connectivity index (χ3n) is 4.09. The van der Waals surface area contributed by atoms with Crippen molar-refractivity contribution in [2.75, 3.05) is 14.1 Å². The number of fused-ring (bicyclic) bond motifs is 5. The van der Waals surface area contributed by atoms with Crippen LogP contribution < -0.4 is 5.32 Å². The van der Waals surface area contributed by atoms with Crippen LogP contribution in [0.5, 0.6) is 0 Å². The first kappa shape index (κ1) is 14.8. The van der Waals surface area contributed by atoms with E-state index in [9.17, 15) is 4.39 Å². The average molecular weight is 296 g/mol. The first-order valence-corrected chi connectivity index (χ1v) is 7.69. The number of aryl methyl sites for hydroxylation is 1.